The largest absolute Gasteiger partial charge is 0.0774 e. The first-order valence-corrected chi connectivity index (χ1v) is 24.7. The summed E-state index contributed by atoms with van der Waals surface area (Å²) in [5.74, 6) is 0. The second-order valence-electron chi connectivity index (χ2n) is 12.5. The van der Waals surface area contributed by atoms with Crippen molar-refractivity contribution in [2.75, 3.05) is 0 Å². The van der Waals surface area contributed by atoms with Crippen LogP contribution in [0.25, 0.3) is 11.1 Å². The molecule has 0 saturated carbocycles. The highest BCUT2D eigenvalue weighted by atomic mass is 28.3. The molecule has 0 radical (unpaired) electrons. The van der Waals surface area contributed by atoms with Crippen molar-refractivity contribution < 1.29 is 0 Å². The average molecular weight is 443 g/mol. The van der Waals surface area contributed by atoms with Crippen LogP contribution in [-0.2, 0) is 0 Å². The molecule has 0 atom stereocenters. The van der Waals surface area contributed by atoms with Gasteiger partial charge in [-0.05, 0) is 11.1 Å². The fourth-order valence-corrected chi connectivity index (χ4v) is 14.4. The monoisotopic (exact) mass is 442 g/mol. The second kappa shape index (κ2) is 7.53. The van der Waals surface area contributed by atoms with E-state index in [0.29, 0.717) is 0 Å². The van der Waals surface area contributed by atoms with Crippen molar-refractivity contribution in [2.24, 2.45) is 0 Å². The first-order chi connectivity index (χ1) is 12.4. The fourth-order valence-electron chi connectivity index (χ4n) is 4.00. The van der Waals surface area contributed by atoms with E-state index in [9.17, 15) is 0 Å². The molecule has 0 aliphatic carbocycles. The maximum absolute atomic E-state index is 2.55. The molecule has 0 amide bonds. The van der Waals surface area contributed by atoms with Crippen LogP contribution in [0.2, 0.25) is 78.6 Å². The molecule has 0 aliphatic rings. The van der Waals surface area contributed by atoms with Crippen LogP contribution in [-0.4, -0.2) is 32.3 Å². The number of benzene rings is 2. The molecular weight excluding hydrogens is 401 g/mol. The van der Waals surface area contributed by atoms with Crippen LogP contribution in [0, 0.1) is 0 Å². The second-order valence-corrected chi connectivity index (χ2v) is 32.7. The fraction of sp³-hybridized carbons (Fsp3) is 0.500. The molecule has 0 unspecified atom stereocenters. The highest BCUT2D eigenvalue weighted by Crippen LogP contribution is 2.21. The summed E-state index contributed by atoms with van der Waals surface area (Å²) in [6.45, 7) is 29.9. The highest BCUT2D eigenvalue weighted by Gasteiger charge is 2.29. The van der Waals surface area contributed by atoms with E-state index in [4.69, 9.17) is 0 Å². The SMILES string of the molecule is C[Si](C)(C)c1ccc(-c2ccc([Si](C)(C)C)c([Si](C)(C)C)c2)cc1[Si](C)(C)C. The maximum Gasteiger partial charge on any atom is 0.0774 e. The molecule has 0 aromatic heterocycles. The lowest BCUT2D eigenvalue weighted by Gasteiger charge is -2.30. The Morgan fingerprint density at radius 2 is 0.607 bits per heavy atom. The summed E-state index contributed by atoms with van der Waals surface area (Å²) in [6, 6.07) is 14.8. The zero-order valence-electron chi connectivity index (χ0n) is 20.5. The lowest BCUT2D eigenvalue weighted by Crippen LogP contribution is -2.56. The van der Waals surface area contributed by atoms with E-state index in [0.717, 1.165) is 0 Å². The van der Waals surface area contributed by atoms with Gasteiger partial charge in [0.05, 0.1) is 32.3 Å². The van der Waals surface area contributed by atoms with Crippen LogP contribution in [0.15, 0.2) is 36.4 Å². The first-order valence-electron chi connectivity index (χ1n) is 10.7. The van der Waals surface area contributed by atoms with Crippen LogP contribution in [0.4, 0.5) is 0 Å². The summed E-state index contributed by atoms with van der Waals surface area (Å²) in [5.41, 5.74) is 2.84. The third kappa shape index (κ3) is 5.26. The Kier molecular flexibility index (Phi) is 6.34. The topological polar surface area (TPSA) is 0 Å². The third-order valence-corrected chi connectivity index (χ3v) is 14.3. The van der Waals surface area contributed by atoms with Crippen molar-refractivity contribution in [3.8, 4) is 11.1 Å². The van der Waals surface area contributed by atoms with Crippen LogP contribution in [0.3, 0.4) is 0 Å². The van der Waals surface area contributed by atoms with Gasteiger partial charge in [0.1, 0.15) is 0 Å². The quantitative estimate of drug-likeness (QED) is 0.534. The molecule has 0 heterocycles. The van der Waals surface area contributed by atoms with Crippen molar-refractivity contribution in [1.29, 1.82) is 0 Å². The minimum Gasteiger partial charge on any atom is -0.0656 e. The van der Waals surface area contributed by atoms with Crippen LogP contribution in [0.5, 0.6) is 0 Å². The summed E-state index contributed by atoms with van der Waals surface area (Å²) in [7, 11) is -5.46. The van der Waals surface area contributed by atoms with E-state index in [2.05, 4.69) is 115 Å². The Bertz CT molecular complexity index is 781. The van der Waals surface area contributed by atoms with Gasteiger partial charge in [0.25, 0.3) is 0 Å². The predicted octanol–water partition coefficient (Wildman–Crippen LogP) is 5.53. The minimum atomic E-state index is -1.39. The molecule has 2 aromatic rings. The molecule has 0 saturated heterocycles. The van der Waals surface area contributed by atoms with Gasteiger partial charge in [-0.2, -0.15) is 0 Å². The number of rotatable bonds is 5. The standard InChI is InChI=1S/C24H42Si4/c1-25(2,3)21-15-13-19(17-23(21)27(7,8)9)20-14-16-22(26(4,5)6)24(18-20)28(10,11)12/h13-18H,1-12H3. The highest BCUT2D eigenvalue weighted by molar-refractivity contribution is 6.99. The zero-order valence-corrected chi connectivity index (χ0v) is 24.5. The number of hydrogen-bond donors (Lipinski definition) is 0. The summed E-state index contributed by atoms with van der Waals surface area (Å²) < 4.78 is 0. The number of hydrogen-bond acceptors (Lipinski definition) is 0. The van der Waals surface area contributed by atoms with Gasteiger partial charge in [-0.25, -0.2) is 0 Å². The predicted molar refractivity (Wildman–Crippen MR) is 144 cm³/mol. The van der Waals surface area contributed by atoms with Crippen molar-refractivity contribution in [3.63, 3.8) is 0 Å². The van der Waals surface area contributed by atoms with Crippen LogP contribution < -0.4 is 20.7 Å². The molecule has 154 valence electrons. The van der Waals surface area contributed by atoms with Crippen molar-refractivity contribution in [2.45, 2.75) is 78.6 Å². The molecule has 0 nitrogen and oxygen atoms in total. The molecule has 0 N–H and O–H groups in total. The van der Waals surface area contributed by atoms with E-state index in [1.54, 1.807) is 20.7 Å². The Morgan fingerprint density at radius 1 is 0.357 bits per heavy atom. The van der Waals surface area contributed by atoms with Gasteiger partial charge >= 0.3 is 0 Å². The van der Waals surface area contributed by atoms with Gasteiger partial charge in [0.15, 0.2) is 0 Å². The molecule has 4 heteroatoms. The van der Waals surface area contributed by atoms with Crippen molar-refractivity contribution in [3.05, 3.63) is 36.4 Å². The summed E-state index contributed by atoms with van der Waals surface area (Å²) in [5, 5.41) is 6.68. The molecule has 0 aliphatic heterocycles. The lowest BCUT2D eigenvalue weighted by atomic mass is 10.1. The maximum atomic E-state index is 2.55. The third-order valence-electron chi connectivity index (χ3n) is 5.60. The van der Waals surface area contributed by atoms with Gasteiger partial charge in [-0.3, -0.25) is 0 Å². The van der Waals surface area contributed by atoms with Crippen molar-refractivity contribution >= 4 is 53.0 Å². The zero-order chi connectivity index (χ0) is 21.7. The summed E-state index contributed by atoms with van der Waals surface area (Å²) >= 11 is 0. The Balaban J connectivity index is 2.72. The molecular formula is C24H42Si4. The smallest absolute Gasteiger partial charge is 0.0656 e. The van der Waals surface area contributed by atoms with Gasteiger partial charge < -0.3 is 0 Å². The van der Waals surface area contributed by atoms with Crippen LogP contribution >= 0.6 is 0 Å². The summed E-state index contributed by atoms with van der Waals surface area (Å²) in [4.78, 5) is 0. The van der Waals surface area contributed by atoms with E-state index in [1.165, 1.54) is 11.1 Å². The van der Waals surface area contributed by atoms with E-state index < -0.39 is 32.3 Å². The van der Waals surface area contributed by atoms with Gasteiger partial charge in [0, 0.05) is 0 Å². The first kappa shape index (κ1) is 23.6. The van der Waals surface area contributed by atoms with Gasteiger partial charge in [0.2, 0.25) is 0 Å². The Labute approximate surface area is 178 Å². The van der Waals surface area contributed by atoms with E-state index in [-0.39, 0.29) is 0 Å². The van der Waals surface area contributed by atoms with E-state index in [1.807, 2.05) is 0 Å². The summed E-state index contributed by atoms with van der Waals surface area (Å²) in [6.07, 6.45) is 0. The van der Waals surface area contributed by atoms with Gasteiger partial charge in [-0.15, -0.1) is 0 Å². The van der Waals surface area contributed by atoms with Gasteiger partial charge in [-0.1, -0.05) is 136 Å². The normalized spacial score (nSPS) is 13.7. The Morgan fingerprint density at radius 3 is 0.821 bits per heavy atom. The Hall–Kier alpha value is -0.692. The average Bonchev–Trinajstić information content (AvgIpc) is 2.50. The van der Waals surface area contributed by atoms with E-state index >= 15 is 0 Å². The molecule has 2 rings (SSSR count). The molecule has 2 aromatic carbocycles. The lowest BCUT2D eigenvalue weighted by molar-refractivity contribution is 1.61. The molecule has 0 bridgehead atoms. The molecule has 0 spiro atoms. The molecule has 28 heavy (non-hydrogen) atoms. The van der Waals surface area contributed by atoms with Crippen LogP contribution in [0.1, 0.15) is 0 Å². The van der Waals surface area contributed by atoms with Crippen molar-refractivity contribution in [1.82, 2.24) is 0 Å². The molecule has 0 fully saturated rings. The minimum absolute atomic E-state index is 1.34.